The summed E-state index contributed by atoms with van der Waals surface area (Å²) in [6, 6.07) is 22.3. The molecule has 0 aliphatic carbocycles. The van der Waals surface area contributed by atoms with Crippen molar-refractivity contribution in [3.8, 4) is 84.3 Å². The van der Waals surface area contributed by atoms with Crippen molar-refractivity contribution in [2.75, 3.05) is 0 Å². The van der Waals surface area contributed by atoms with Crippen LogP contribution >= 0.6 is 0 Å². The van der Waals surface area contributed by atoms with Gasteiger partial charge in [-0.25, -0.2) is 4.98 Å². The molecule has 0 unspecified atom stereocenters. The molecule has 0 fully saturated rings. The normalized spacial score (nSPS) is 16.1. The van der Waals surface area contributed by atoms with Gasteiger partial charge in [0.1, 0.15) is 5.82 Å². The smallest absolute Gasteiger partial charge is 0.268 e. The van der Waals surface area contributed by atoms with Crippen molar-refractivity contribution in [1.29, 1.82) is 0 Å². The largest absolute Gasteiger partial charge is 0.510 e. The van der Waals surface area contributed by atoms with Gasteiger partial charge in [-0.1, -0.05) is 202 Å². The van der Waals surface area contributed by atoms with Crippen molar-refractivity contribution in [2.45, 2.75) is 33.0 Å². The van der Waals surface area contributed by atoms with Crippen LogP contribution in [0.2, 0.25) is 0 Å². The second kappa shape index (κ2) is 20.3. The zero-order valence-electron chi connectivity index (χ0n) is 65.0. The van der Waals surface area contributed by atoms with Crippen molar-refractivity contribution < 1.29 is 63.3 Å². The second-order valence-electron chi connectivity index (χ2n) is 18.6. The van der Waals surface area contributed by atoms with Crippen LogP contribution in [0.15, 0.2) is 242 Å². The number of rotatable bonds is 10. The number of aryl methyl sites for hydroxylation is 1. The molecule has 0 saturated carbocycles. The van der Waals surface area contributed by atoms with Crippen LogP contribution in [-0.4, -0.2) is 14.1 Å². The molecule has 0 N–H and O–H groups in total. The molecular weight excluding hydrogens is 1120 g/mol. The van der Waals surface area contributed by atoms with Gasteiger partial charge >= 0.3 is 0 Å². The predicted molar refractivity (Wildman–Crippen MR) is 311 cm³/mol. The van der Waals surface area contributed by atoms with Gasteiger partial charge in [-0.2, -0.15) is 18.2 Å². The molecule has 0 saturated heterocycles. The van der Waals surface area contributed by atoms with Crippen LogP contribution in [0.4, 0.5) is 0 Å². The van der Waals surface area contributed by atoms with E-state index in [1.807, 2.05) is 12.1 Å². The first-order valence-electron chi connectivity index (χ1n) is 35.9. The topological polar surface area (TPSA) is 35.9 Å². The predicted octanol–water partition coefficient (Wildman–Crippen LogP) is 17.5. The number of fused-ring (bicyclic) bond motifs is 4. The van der Waals surface area contributed by atoms with Crippen LogP contribution < -0.4 is 9.30 Å². The number of hydrogen-bond donors (Lipinski definition) is 0. The molecule has 374 valence electrons. The van der Waals surface area contributed by atoms with E-state index in [-0.39, 0.29) is 101 Å². The molecule has 0 aliphatic heterocycles. The molecule has 13 aromatic rings. The van der Waals surface area contributed by atoms with E-state index in [9.17, 15) is 8.22 Å². The maximum absolute atomic E-state index is 10.2. The van der Waals surface area contributed by atoms with Gasteiger partial charge in [0, 0.05) is 54.0 Å². The average molecular weight is 1200 g/mol. The second-order valence-corrected chi connectivity index (χ2v) is 18.6. The van der Waals surface area contributed by atoms with Gasteiger partial charge in [-0.15, -0.1) is 29.7 Å². The van der Waals surface area contributed by atoms with Crippen molar-refractivity contribution in [3.05, 3.63) is 272 Å². The molecule has 13 rings (SSSR count). The monoisotopic (exact) mass is 1200 g/mol. The van der Waals surface area contributed by atoms with E-state index in [0.717, 1.165) is 11.5 Å². The van der Waals surface area contributed by atoms with Crippen molar-refractivity contribution >= 4 is 32.8 Å². The fraction of sp³-hybridized carbons (Fsp3) is 0.0704. The number of para-hydroxylation sites is 4. The number of nitrogens with zero attached hydrogens (tertiary/aromatic N) is 4. The van der Waals surface area contributed by atoms with E-state index in [2.05, 4.69) is 23.4 Å². The summed E-state index contributed by atoms with van der Waals surface area (Å²) >= 11 is 0. The molecule has 77 heavy (non-hydrogen) atoms. The number of aromatic nitrogens is 4. The van der Waals surface area contributed by atoms with Gasteiger partial charge in [0.15, 0.2) is 0 Å². The van der Waals surface area contributed by atoms with Crippen LogP contribution in [-0.2, 0) is 26.5 Å². The summed E-state index contributed by atoms with van der Waals surface area (Å²) in [5, 5.41) is 1.38. The molecule has 0 bridgehead atoms. The first kappa shape index (κ1) is 28.9. The summed E-state index contributed by atoms with van der Waals surface area (Å²) in [7, 11) is 0. The van der Waals surface area contributed by atoms with Gasteiger partial charge in [0.25, 0.3) is 6.33 Å². The molecule has 3 aromatic heterocycles. The minimum Gasteiger partial charge on any atom is -0.510 e. The zero-order chi connectivity index (χ0) is 72.1. The van der Waals surface area contributed by atoms with Gasteiger partial charge in [0.2, 0.25) is 0 Å². The maximum Gasteiger partial charge on any atom is 0.268 e. The molecule has 0 spiro atoms. The Morgan fingerprint density at radius 2 is 1.21 bits per heavy atom. The van der Waals surface area contributed by atoms with E-state index in [0.29, 0.717) is 27.5 Å². The van der Waals surface area contributed by atoms with Crippen molar-refractivity contribution in [1.82, 2.24) is 14.1 Å². The summed E-state index contributed by atoms with van der Waals surface area (Å²) in [6.45, 7) is 2.38. The summed E-state index contributed by atoms with van der Waals surface area (Å²) in [5.41, 5.74) is -2.46. The Hall–Kier alpha value is -8.89. The third-order valence-electron chi connectivity index (χ3n) is 12.7. The Balaban J connectivity index is 0.00000965. The molecule has 3 heterocycles. The number of imidazole rings is 1. The van der Waals surface area contributed by atoms with Crippen LogP contribution in [0.5, 0.6) is 11.5 Å². The van der Waals surface area contributed by atoms with Gasteiger partial charge in [-0.05, 0) is 115 Å². The summed E-state index contributed by atoms with van der Waals surface area (Å²) < 4.78 is 227. The fourth-order valence-corrected chi connectivity index (χ4v) is 9.16. The summed E-state index contributed by atoms with van der Waals surface area (Å²) in [5.74, 6) is 0.375. The Morgan fingerprint density at radius 1 is 0.545 bits per heavy atom. The van der Waals surface area contributed by atoms with E-state index < -0.39 is 155 Å². The Labute approximate surface area is 498 Å². The number of benzene rings is 10. The maximum atomic E-state index is 10.2. The molecule has 6 heteroatoms. The molecule has 0 amide bonds. The zero-order valence-corrected chi connectivity index (χ0v) is 43.3. The van der Waals surface area contributed by atoms with Crippen LogP contribution in [0.25, 0.3) is 106 Å². The third-order valence-corrected chi connectivity index (χ3v) is 12.7. The van der Waals surface area contributed by atoms with E-state index in [1.54, 1.807) is 103 Å². The Morgan fingerprint density at radius 3 is 2.00 bits per heavy atom. The molecule has 0 radical (unpaired) electrons. The fourth-order valence-electron chi connectivity index (χ4n) is 9.16. The molecule has 5 nitrogen and oxygen atoms in total. The molecule has 0 aliphatic rings. The minimum absolute atomic E-state index is 0. The van der Waals surface area contributed by atoms with Crippen molar-refractivity contribution in [3.63, 3.8) is 0 Å². The summed E-state index contributed by atoms with van der Waals surface area (Å²) in [4.78, 5) is 4.67. The van der Waals surface area contributed by atoms with Crippen molar-refractivity contribution in [2.24, 2.45) is 0 Å². The molecule has 0 atom stereocenters. The van der Waals surface area contributed by atoms with Gasteiger partial charge < -0.3 is 13.9 Å². The number of ether oxygens (including phenoxy) is 1. The quantitative estimate of drug-likeness (QED) is 0.101. The van der Waals surface area contributed by atoms with E-state index in [4.69, 9.17) is 29.4 Å². The Bertz CT molecular complexity index is 5670. The SMILES string of the molecule is [2H]c1cc(-c2c([2H])c(-c3cccc(-c4c([2H])c([2H])c([2H])c(C(C)(C)C)c4[2H])c3-[n+]3[c-]n(-c4[c-]c(Oc5[c-]c6c(cc5)c5ccccc5n6-c5cc(C([2H])([2H])[2H])c(-c6c([2H])c([2H])c([2H])c([2H])c6[2H])cn5)ccc4)c4ccccc43)c([2H])c(-c3c([2H])c([2H])c([2H])c([2H])c3[2H])c2[2H])c([2H])c([2H])c1[2H].[Pt]. The number of hydrogen-bond acceptors (Lipinski definition) is 2. The summed E-state index contributed by atoms with van der Waals surface area (Å²) in [6.07, 6.45) is 4.59. The minimum atomic E-state index is -2.87. The third kappa shape index (κ3) is 9.28. The Kier molecular flexibility index (Phi) is 7.62. The van der Waals surface area contributed by atoms with Crippen LogP contribution in [0.1, 0.15) is 64.8 Å². The van der Waals surface area contributed by atoms with Gasteiger partial charge in [-0.3, -0.25) is 4.57 Å². The van der Waals surface area contributed by atoms with E-state index in [1.165, 1.54) is 29.0 Å². The molecule has 10 aromatic carbocycles. The standard InChI is InChI=1S/C71H52N4O.Pt/c1-48-39-69(72-46-64(48)51-25-12-7-13-26-51)75-65-34-15-14-31-62(65)63-38-37-59(45-68(63)75)76-58-30-19-29-57(44-58)73-47-74(67-36-17-16-35-66(67)73)70-60(52-27-18-28-56(43-52)71(2,3)4)32-20-33-61(70)55-41-53(49-21-8-5-9-22-49)40-54(42-55)50-23-10-6-11-24-50;/h5-43,46H,1-4H3;/q-2;/i1D3,5D,6D,7D,8D,9D,10D,11D,12D,13D,18D,21D,22D,23D,25D,26D,27D,28D,40D,41D,42D,43D;. The van der Waals surface area contributed by atoms with Crippen LogP contribution in [0.3, 0.4) is 0 Å². The first-order chi connectivity index (χ1) is 47.2. The molecular formula is C71H52N4OPt-2. The average Bonchev–Trinajstić information content (AvgIpc) is 1.60. The first-order valence-corrected chi connectivity index (χ1v) is 23.9. The van der Waals surface area contributed by atoms with Crippen LogP contribution in [0, 0.1) is 25.3 Å². The van der Waals surface area contributed by atoms with E-state index >= 15 is 0 Å². The van der Waals surface area contributed by atoms with Gasteiger partial charge in [0.05, 0.1) is 45.5 Å². The number of pyridine rings is 1.